The van der Waals surface area contributed by atoms with Crippen LogP contribution in [0.5, 0.6) is 0 Å². The second kappa shape index (κ2) is 13.2. The topological polar surface area (TPSA) is 0 Å². The average molecular weight is 851 g/mol. The van der Waals surface area contributed by atoms with Crippen molar-refractivity contribution in [3.8, 4) is 66.8 Å². The summed E-state index contributed by atoms with van der Waals surface area (Å²) in [4.78, 5) is 0. The monoisotopic (exact) mass is 850 g/mol. The van der Waals surface area contributed by atoms with E-state index in [1.807, 2.05) is 0 Å². The molecule has 0 heteroatoms. The van der Waals surface area contributed by atoms with Gasteiger partial charge in [-0.15, -0.1) is 0 Å². The summed E-state index contributed by atoms with van der Waals surface area (Å²) < 4.78 is 0. The fourth-order valence-electron chi connectivity index (χ4n) is 13.6. The molecule has 13 aromatic rings. The molecule has 2 aliphatic carbocycles. The van der Waals surface area contributed by atoms with Crippen LogP contribution in [0.4, 0.5) is 0 Å². The SMILES string of the molecule is CCc1c2c(c(CC)c3c(C)cccc13)-c1ccc3c4ccc5c6c(ccc(c7ccc-2c1c73)c64)-c1c-5c(-c2ccc(C)cc2)c2c3ccccc3c3ccccc3c2c1-c1ccc(C)cc1. The minimum absolute atomic E-state index is 1.00. The third kappa shape index (κ3) is 4.59. The number of hydrogen-bond acceptors (Lipinski definition) is 0. The van der Waals surface area contributed by atoms with Gasteiger partial charge in [-0.1, -0.05) is 189 Å². The van der Waals surface area contributed by atoms with E-state index in [0.717, 1.165) is 12.8 Å². The molecule has 0 radical (unpaired) electrons. The summed E-state index contributed by atoms with van der Waals surface area (Å²) in [5.41, 5.74) is 23.2. The summed E-state index contributed by atoms with van der Waals surface area (Å²) in [6.45, 7) is 11.4. The maximum atomic E-state index is 2.49. The predicted octanol–water partition coefficient (Wildman–Crippen LogP) is 19.0. The lowest BCUT2D eigenvalue weighted by Gasteiger charge is -2.23. The van der Waals surface area contributed by atoms with Crippen molar-refractivity contribution >= 4 is 86.2 Å². The van der Waals surface area contributed by atoms with Crippen molar-refractivity contribution in [2.75, 3.05) is 0 Å². The van der Waals surface area contributed by atoms with Crippen molar-refractivity contribution in [2.45, 2.75) is 47.5 Å². The van der Waals surface area contributed by atoms with Crippen LogP contribution in [0.1, 0.15) is 41.7 Å². The third-order valence-corrected chi connectivity index (χ3v) is 16.3. The molecule has 67 heavy (non-hydrogen) atoms. The summed E-state index contributed by atoms with van der Waals surface area (Å²) >= 11 is 0. The summed E-state index contributed by atoms with van der Waals surface area (Å²) in [7, 11) is 0. The fourth-order valence-corrected chi connectivity index (χ4v) is 13.6. The summed E-state index contributed by atoms with van der Waals surface area (Å²) in [6, 6.07) is 63.7. The molecule has 0 saturated heterocycles. The zero-order valence-electron chi connectivity index (χ0n) is 38.5. The van der Waals surface area contributed by atoms with Gasteiger partial charge in [-0.25, -0.2) is 0 Å². The quantitative estimate of drug-likeness (QED) is 0.122. The molecule has 15 rings (SSSR count). The molecule has 0 bridgehead atoms. The molecule has 0 spiro atoms. The summed E-state index contributed by atoms with van der Waals surface area (Å²) in [5.74, 6) is 0. The van der Waals surface area contributed by atoms with Gasteiger partial charge in [0, 0.05) is 0 Å². The maximum Gasteiger partial charge on any atom is -0.000717 e. The highest BCUT2D eigenvalue weighted by molar-refractivity contribution is 6.43. The van der Waals surface area contributed by atoms with Crippen LogP contribution in [0, 0.1) is 20.8 Å². The van der Waals surface area contributed by atoms with Crippen LogP contribution >= 0.6 is 0 Å². The maximum absolute atomic E-state index is 2.49. The lowest BCUT2D eigenvalue weighted by Crippen LogP contribution is -1.98. The Morgan fingerprint density at radius 1 is 0.254 bits per heavy atom. The Hall–Kier alpha value is -7.80. The first kappa shape index (κ1) is 37.4. The standard InChI is InChI=1S/C67H46/c1-6-40-44-18-12-13-37(5)55(44)41(7-2)59-52-32-28-48-50-30-34-54-63-53(33-29-49(61(50)63)47-27-31-51(58(40)59)62(52)60(47)48)66-56(38-23-19-35(3)20-24-38)64-45-16-10-8-14-42(45)43-15-9-11-17-46(43)65(64)57(67(54)66)39-25-21-36(4)22-26-39/h8-34H,6-7H2,1-5H3. The largest absolute Gasteiger partial charge is 0.0616 e. The van der Waals surface area contributed by atoms with Crippen molar-refractivity contribution in [1.82, 2.24) is 0 Å². The molecule has 0 N–H and O–H groups in total. The number of fused-ring (bicyclic) bond motifs is 15. The van der Waals surface area contributed by atoms with E-state index in [4.69, 9.17) is 0 Å². The molecule has 0 atom stereocenters. The van der Waals surface area contributed by atoms with Gasteiger partial charge >= 0.3 is 0 Å². The normalized spacial score (nSPS) is 12.7. The molecule has 0 nitrogen and oxygen atoms in total. The van der Waals surface area contributed by atoms with Crippen molar-refractivity contribution in [3.63, 3.8) is 0 Å². The van der Waals surface area contributed by atoms with Crippen LogP contribution in [-0.2, 0) is 12.8 Å². The highest BCUT2D eigenvalue weighted by Gasteiger charge is 2.35. The van der Waals surface area contributed by atoms with Gasteiger partial charge in [-0.2, -0.15) is 0 Å². The number of hydrogen-bond donors (Lipinski definition) is 0. The van der Waals surface area contributed by atoms with Crippen LogP contribution < -0.4 is 0 Å². The van der Waals surface area contributed by atoms with Gasteiger partial charge < -0.3 is 0 Å². The number of benzene rings is 13. The second-order valence-corrected chi connectivity index (χ2v) is 19.6. The first-order valence-electron chi connectivity index (χ1n) is 24.3. The number of aryl methyl sites for hydroxylation is 5. The highest BCUT2D eigenvalue weighted by atomic mass is 14.4. The van der Waals surface area contributed by atoms with E-state index in [-0.39, 0.29) is 0 Å². The predicted molar refractivity (Wildman–Crippen MR) is 290 cm³/mol. The Labute approximate surface area is 390 Å². The smallest absolute Gasteiger partial charge is 0.000717 e. The average Bonchev–Trinajstić information content (AvgIpc) is 3.88. The van der Waals surface area contributed by atoms with Gasteiger partial charge in [0.15, 0.2) is 0 Å². The van der Waals surface area contributed by atoms with Gasteiger partial charge in [-0.05, 0) is 203 Å². The van der Waals surface area contributed by atoms with Crippen molar-refractivity contribution in [1.29, 1.82) is 0 Å². The van der Waals surface area contributed by atoms with Crippen LogP contribution in [0.2, 0.25) is 0 Å². The molecule has 0 aromatic heterocycles. The summed E-state index contributed by atoms with van der Waals surface area (Å²) in [6.07, 6.45) is 2.00. The Morgan fingerprint density at radius 3 is 1.06 bits per heavy atom. The van der Waals surface area contributed by atoms with Crippen LogP contribution in [0.25, 0.3) is 153 Å². The minimum Gasteiger partial charge on any atom is -0.0616 e. The van der Waals surface area contributed by atoms with Gasteiger partial charge in [0.1, 0.15) is 0 Å². The van der Waals surface area contributed by atoms with Crippen LogP contribution in [-0.4, -0.2) is 0 Å². The van der Waals surface area contributed by atoms with Gasteiger partial charge in [-0.3, -0.25) is 0 Å². The van der Waals surface area contributed by atoms with Crippen LogP contribution in [0.3, 0.4) is 0 Å². The first-order valence-corrected chi connectivity index (χ1v) is 24.3. The lowest BCUT2D eigenvalue weighted by atomic mass is 9.79. The van der Waals surface area contributed by atoms with Crippen molar-refractivity contribution < 1.29 is 0 Å². The fraction of sp³-hybridized carbons (Fsp3) is 0.104. The third-order valence-electron chi connectivity index (χ3n) is 16.3. The zero-order valence-corrected chi connectivity index (χ0v) is 38.5. The van der Waals surface area contributed by atoms with Gasteiger partial charge in [0.2, 0.25) is 0 Å². The molecule has 0 fully saturated rings. The second-order valence-electron chi connectivity index (χ2n) is 19.6. The van der Waals surface area contributed by atoms with E-state index in [1.165, 1.54) is 181 Å². The Kier molecular flexibility index (Phi) is 7.36. The molecule has 314 valence electrons. The molecule has 0 heterocycles. The lowest BCUT2D eigenvalue weighted by molar-refractivity contribution is 1.13. The van der Waals surface area contributed by atoms with E-state index in [1.54, 1.807) is 0 Å². The molecular weight excluding hydrogens is 805 g/mol. The van der Waals surface area contributed by atoms with E-state index >= 15 is 0 Å². The van der Waals surface area contributed by atoms with Crippen LogP contribution in [0.15, 0.2) is 164 Å². The molecule has 0 unspecified atom stereocenters. The number of rotatable bonds is 4. The van der Waals surface area contributed by atoms with Crippen molar-refractivity contribution in [3.05, 3.63) is 192 Å². The summed E-state index contributed by atoms with van der Waals surface area (Å²) in [5, 5.41) is 21.7. The molecule has 0 amide bonds. The Bertz CT molecular complexity index is 4200. The minimum atomic E-state index is 1.00. The van der Waals surface area contributed by atoms with E-state index in [2.05, 4.69) is 198 Å². The van der Waals surface area contributed by atoms with Crippen molar-refractivity contribution in [2.24, 2.45) is 0 Å². The molecule has 0 saturated carbocycles. The van der Waals surface area contributed by atoms with Gasteiger partial charge in [0.25, 0.3) is 0 Å². The molecular formula is C67H46. The van der Waals surface area contributed by atoms with Gasteiger partial charge in [0.05, 0.1) is 0 Å². The Morgan fingerprint density at radius 2 is 0.627 bits per heavy atom. The van der Waals surface area contributed by atoms with E-state index in [0.29, 0.717) is 0 Å². The Balaban J connectivity index is 1.13. The highest BCUT2D eigenvalue weighted by Crippen LogP contribution is 2.62. The van der Waals surface area contributed by atoms with E-state index < -0.39 is 0 Å². The first-order chi connectivity index (χ1) is 32.9. The molecule has 13 aromatic carbocycles. The molecule has 0 aliphatic heterocycles. The zero-order chi connectivity index (χ0) is 44.6. The van der Waals surface area contributed by atoms with E-state index in [9.17, 15) is 0 Å². The molecule has 2 aliphatic rings.